The van der Waals surface area contributed by atoms with E-state index in [1.807, 2.05) is 0 Å². The van der Waals surface area contributed by atoms with Crippen molar-refractivity contribution in [1.29, 1.82) is 0 Å². The van der Waals surface area contributed by atoms with Crippen LogP contribution in [0.1, 0.15) is 21.9 Å². The summed E-state index contributed by atoms with van der Waals surface area (Å²) in [6.07, 6.45) is 0. The Labute approximate surface area is 117 Å². The van der Waals surface area contributed by atoms with E-state index >= 15 is 0 Å². The first-order valence-corrected chi connectivity index (χ1v) is 6.17. The van der Waals surface area contributed by atoms with E-state index < -0.39 is 11.8 Å². The van der Waals surface area contributed by atoms with Crippen molar-refractivity contribution in [2.45, 2.75) is 13.8 Å². The van der Waals surface area contributed by atoms with Crippen LogP contribution in [0.3, 0.4) is 0 Å². The zero-order valence-corrected chi connectivity index (χ0v) is 11.4. The lowest BCUT2D eigenvalue weighted by Gasteiger charge is -2.02. The van der Waals surface area contributed by atoms with Gasteiger partial charge in [0.2, 0.25) is 0 Å². The molecule has 0 aliphatic rings. The molecule has 0 bridgehead atoms. The van der Waals surface area contributed by atoms with Gasteiger partial charge in [-0.05, 0) is 26.0 Å². The van der Waals surface area contributed by atoms with Crippen LogP contribution >= 0.6 is 11.6 Å². The number of fused-ring (bicyclic) bond motifs is 2. The Morgan fingerprint density at radius 1 is 1.05 bits per heavy atom. The minimum absolute atomic E-state index is 0.0307. The van der Waals surface area contributed by atoms with Crippen molar-refractivity contribution in [2.75, 3.05) is 0 Å². The topological polar surface area (TPSA) is 80.7 Å². The number of furan rings is 2. The van der Waals surface area contributed by atoms with Crippen LogP contribution < -0.4 is 0 Å². The number of aliphatic carboxylic acids is 1. The van der Waals surface area contributed by atoms with Crippen LogP contribution in [-0.4, -0.2) is 16.9 Å². The lowest BCUT2D eigenvalue weighted by Crippen LogP contribution is -2.13. The van der Waals surface area contributed by atoms with Crippen molar-refractivity contribution in [3.05, 3.63) is 34.2 Å². The van der Waals surface area contributed by atoms with Crippen LogP contribution in [0, 0.1) is 13.8 Å². The van der Waals surface area contributed by atoms with Crippen molar-refractivity contribution < 1.29 is 23.5 Å². The Morgan fingerprint density at radius 2 is 1.60 bits per heavy atom. The molecule has 0 spiro atoms. The molecule has 0 radical (unpaired) electrons. The molecule has 0 amide bonds. The van der Waals surface area contributed by atoms with Crippen molar-refractivity contribution in [3.8, 4) is 0 Å². The number of carbonyl (C=O) groups excluding carboxylic acids is 1. The number of Topliss-reactive ketones (excluding diaryl/α,β-unsaturated/α-hetero) is 1. The maximum Gasteiger partial charge on any atom is 0.377 e. The first-order valence-electron chi connectivity index (χ1n) is 5.79. The number of carboxylic acids is 1. The van der Waals surface area contributed by atoms with Gasteiger partial charge in [-0.15, -0.1) is 0 Å². The number of benzene rings is 1. The molecule has 0 aliphatic heterocycles. The van der Waals surface area contributed by atoms with Crippen molar-refractivity contribution in [3.63, 3.8) is 0 Å². The number of hydrogen-bond donors (Lipinski definition) is 1. The van der Waals surface area contributed by atoms with Gasteiger partial charge < -0.3 is 13.9 Å². The van der Waals surface area contributed by atoms with E-state index in [9.17, 15) is 9.59 Å². The second kappa shape index (κ2) is 4.11. The zero-order chi connectivity index (χ0) is 14.6. The van der Waals surface area contributed by atoms with E-state index in [0.717, 1.165) is 0 Å². The van der Waals surface area contributed by atoms with Crippen molar-refractivity contribution in [1.82, 2.24) is 0 Å². The summed E-state index contributed by atoms with van der Waals surface area (Å²) in [4.78, 5) is 23.0. The monoisotopic (exact) mass is 292 g/mol. The molecule has 0 fully saturated rings. The molecule has 3 aromatic rings. The first kappa shape index (κ1) is 12.7. The number of hydrogen-bond acceptors (Lipinski definition) is 4. The summed E-state index contributed by atoms with van der Waals surface area (Å²) in [5.74, 6) is -1.54. The molecule has 2 aromatic heterocycles. The fourth-order valence-electron chi connectivity index (χ4n) is 2.30. The van der Waals surface area contributed by atoms with Crippen LogP contribution in [-0.2, 0) is 4.79 Å². The van der Waals surface area contributed by atoms with Gasteiger partial charge >= 0.3 is 5.97 Å². The molecule has 20 heavy (non-hydrogen) atoms. The third-order valence-corrected chi connectivity index (χ3v) is 3.44. The van der Waals surface area contributed by atoms with Gasteiger partial charge in [0, 0.05) is 10.8 Å². The van der Waals surface area contributed by atoms with Crippen LogP contribution in [0.4, 0.5) is 0 Å². The standard InChI is InChI=1S/C14H9ClO5/c1-5-3-7-9(11(16)14(17)18)12-8(4-6(2)19-12)10(15)13(7)20-5/h3-4H,1-2H3,(H,17,18). The molecule has 102 valence electrons. The fraction of sp³-hybridized carbons (Fsp3) is 0.143. The Balaban J connectivity index is 2.58. The van der Waals surface area contributed by atoms with Crippen molar-refractivity contribution in [2.24, 2.45) is 0 Å². The summed E-state index contributed by atoms with van der Waals surface area (Å²) < 4.78 is 10.9. The average molecular weight is 293 g/mol. The van der Waals surface area contributed by atoms with Crippen molar-refractivity contribution >= 4 is 45.3 Å². The maximum absolute atomic E-state index is 12.0. The van der Waals surface area contributed by atoms with Gasteiger partial charge in [0.25, 0.3) is 5.78 Å². The maximum atomic E-state index is 12.0. The molecule has 6 heteroatoms. The van der Waals surface area contributed by atoms with Crippen LogP contribution in [0.2, 0.25) is 5.02 Å². The SMILES string of the molecule is Cc1cc2c(C(=O)C(=O)O)c3oc(C)cc3c(Cl)c2o1. The Kier molecular flexibility index (Phi) is 2.62. The van der Waals surface area contributed by atoms with Crippen LogP contribution in [0.25, 0.3) is 21.9 Å². The van der Waals surface area contributed by atoms with Crippen LogP contribution in [0.15, 0.2) is 21.0 Å². The third kappa shape index (κ3) is 1.63. The summed E-state index contributed by atoms with van der Waals surface area (Å²) >= 11 is 6.24. The normalized spacial score (nSPS) is 11.3. The number of aryl methyl sites for hydroxylation is 2. The van der Waals surface area contributed by atoms with Gasteiger partial charge in [-0.3, -0.25) is 4.79 Å². The van der Waals surface area contributed by atoms with E-state index in [1.165, 1.54) is 0 Å². The summed E-state index contributed by atoms with van der Waals surface area (Å²) in [6.45, 7) is 3.39. The highest BCUT2D eigenvalue weighted by atomic mass is 35.5. The minimum atomic E-state index is -1.55. The summed E-state index contributed by atoms with van der Waals surface area (Å²) in [6, 6.07) is 3.22. The number of carbonyl (C=O) groups is 2. The van der Waals surface area contributed by atoms with Gasteiger partial charge in [0.05, 0.1) is 10.6 Å². The smallest absolute Gasteiger partial charge is 0.377 e. The molecule has 0 unspecified atom stereocenters. The number of halogens is 1. The largest absolute Gasteiger partial charge is 0.475 e. The van der Waals surface area contributed by atoms with Crippen LogP contribution in [0.5, 0.6) is 0 Å². The molecule has 1 aromatic carbocycles. The van der Waals surface area contributed by atoms with Gasteiger partial charge in [0.1, 0.15) is 17.1 Å². The van der Waals surface area contributed by atoms with E-state index in [-0.39, 0.29) is 11.1 Å². The Bertz CT molecular complexity index is 826. The molecule has 2 heterocycles. The second-order valence-electron chi connectivity index (χ2n) is 4.52. The Hall–Kier alpha value is -2.27. The van der Waals surface area contributed by atoms with E-state index in [4.69, 9.17) is 25.5 Å². The quantitative estimate of drug-likeness (QED) is 0.575. The zero-order valence-electron chi connectivity index (χ0n) is 10.6. The highest BCUT2D eigenvalue weighted by Gasteiger charge is 2.27. The molecule has 5 nitrogen and oxygen atoms in total. The molecular formula is C14H9ClO5. The van der Waals surface area contributed by atoms with E-state index in [0.29, 0.717) is 32.9 Å². The molecule has 1 N–H and O–H groups in total. The summed E-state index contributed by atoms with van der Waals surface area (Å²) in [5.41, 5.74) is 0.437. The minimum Gasteiger partial charge on any atom is -0.475 e. The first-order chi connectivity index (χ1) is 9.40. The summed E-state index contributed by atoms with van der Waals surface area (Å²) in [5, 5.41) is 10.1. The third-order valence-electron chi connectivity index (χ3n) is 3.06. The van der Waals surface area contributed by atoms with Gasteiger partial charge in [0.15, 0.2) is 5.58 Å². The molecule has 0 atom stereocenters. The fourth-order valence-corrected chi connectivity index (χ4v) is 2.58. The highest BCUT2D eigenvalue weighted by molar-refractivity contribution is 6.47. The number of carboxylic acid groups (broad SMARTS) is 1. The predicted molar refractivity (Wildman–Crippen MR) is 72.4 cm³/mol. The lowest BCUT2D eigenvalue weighted by atomic mass is 10.0. The second-order valence-corrected chi connectivity index (χ2v) is 4.90. The molecule has 0 saturated heterocycles. The van der Waals surface area contributed by atoms with E-state index in [1.54, 1.807) is 26.0 Å². The molecular weight excluding hydrogens is 284 g/mol. The molecule has 0 saturated carbocycles. The average Bonchev–Trinajstić information content (AvgIpc) is 2.92. The molecule has 3 rings (SSSR count). The van der Waals surface area contributed by atoms with Gasteiger partial charge in [-0.2, -0.15) is 0 Å². The Morgan fingerprint density at radius 3 is 2.20 bits per heavy atom. The lowest BCUT2D eigenvalue weighted by molar-refractivity contribution is -0.131. The summed E-state index contributed by atoms with van der Waals surface area (Å²) in [7, 11) is 0. The predicted octanol–water partition coefficient (Wildman–Crippen LogP) is 3.72. The molecule has 0 aliphatic carbocycles. The number of ketones is 1. The van der Waals surface area contributed by atoms with E-state index in [2.05, 4.69) is 0 Å². The highest BCUT2D eigenvalue weighted by Crippen LogP contribution is 2.39. The van der Waals surface area contributed by atoms with Gasteiger partial charge in [-0.25, -0.2) is 4.79 Å². The number of rotatable bonds is 2. The van der Waals surface area contributed by atoms with Gasteiger partial charge in [-0.1, -0.05) is 11.6 Å².